The Bertz CT molecular complexity index is 1070. The van der Waals surface area contributed by atoms with Crippen molar-refractivity contribution in [3.05, 3.63) is 0 Å². The van der Waals surface area contributed by atoms with Crippen molar-refractivity contribution in [1.29, 1.82) is 0 Å². The number of hydrogen-bond donors (Lipinski definition) is 21. The summed E-state index contributed by atoms with van der Waals surface area (Å²) in [5.41, 5.74) is 0. The molecule has 0 amide bonds. The first-order chi connectivity index (χ1) is 42.7. The second-order valence-corrected chi connectivity index (χ2v) is 20.4. The molecule has 27 heteroatoms. The first-order valence-corrected chi connectivity index (χ1v) is 32.5. The zero-order valence-corrected chi connectivity index (χ0v) is 56.3. The van der Waals surface area contributed by atoms with Crippen LogP contribution in [0.3, 0.4) is 0 Å². The second kappa shape index (κ2) is 107. The number of unbranched alkanes of at least 4 members (excludes halogenated alkanes) is 24. The van der Waals surface area contributed by atoms with Gasteiger partial charge in [0, 0.05) is 38.5 Å². The molecule has 0 bridgehead atoms. The third-order valence-electron chi connectivity index (χ3n) is 11.1. The first kappa shape index (κ1) is 111. The van der Waals surface area contributed by atoms with Crippen molar-refractivity contribution in [1.82, 2.24) is 0 Å². The van der Waals surface area contributed by atoms with E-state index in [0.29, 0.717) is 38.5 Å². The van der Waals surface area contributed by atoms with Crippen LogP contribution in [0.5, 0.6) is 0 Å². The molecule has 0 aliphatic rings. The Morgan fingerprint density at radius 1 is 0.189 bits per heavy atom. The number of rotatable bonds is 46. The van der Waals surface area contributed by atoms with E-state index in [0.717, 1.165) is 77.0 Å². The number of aliphatic hydroxyl groups is 15. The molecule has 0 spiro atoms. The molecule has 0 unspecified atom stereocenters. The zero-order chi connectivity index (χ0) is 71.9. The van der Waals surface area contributed by atoms with E-state index in [2.05, 4.69) is 41.5 Å². The van der Waals surface area contributed by atoms with Crippen LogP contribution in [0.4, 0.5) is 0 Å². The van der Waals surface area contributed by atoms with E-state index in [9.17, 15) is 28.8 Å². The van der Waals surface area contributed by atoms with Crippen LogP contribution in [0.1, 0.15) is 273 Å². The van der Waals surface area contributed by atoms with Crippen LogP contribution in [-0.4, -0.2) is 240 Å². The molecule has 0 rings (SSSR count). The molecule has 90 heavy (non-hydrogen) atoms. The van der Waals surface area contributed by atoms with Crippen LogP contribution >= 0.6 is 0 Å². The lowest BCUT2D eigenvalue weighted by Crippen LogP contribution is -2.15. The lowest BCUT2D eigenvalue weighted by Gasteiger charge is -1.96. The number of carboxylic acids is 6. The molecule has 0 fully saturated rings. The Kier molecular flexibility index (Phi) is 131. The maximum absolute atomic E-state index is 10.0. The van der Waals surface area contributed by atoms with E-state index in [1.165, 1.54) is 116 Å². The average Bonchev–Trinajstić information content (AvgIpc) is 3.52. The Labute approximate surface area is 539 Å². The van der Waals surface area contributed by atoms with Gasteiger partial charge in [-0.2, -0.15) is 0 Å². The van der Waals surface area contributed by atoms with E-state index >= 15 is 0 Å². The Morgan fingerprint density at radius 3 is 0.333 bits per heavy atom. The van der Waals surface area contributed by atoms with Crippen LogP contribution in [0, 0.1) is 0 Å². The third kappa shape index (κ3) is 172. The normalized spacial score (nSPS) is 9.80. The highest BCUT2D eigenvalue weighted by Gasteiger charge is 2.01. The van der Waals surface area contributed by atoms with E-state index in [1.54, 1.807) is 0 Å². The minimum absolute atomic E-state index is 0.337. The molecular formula is C63H136O27. The molecule has 27 nitrogen and oxygen atoms in total. The van der Waals surface area contributed by atoms with Crippen LogP contribution in [0.2, 0.25) is 0 Å². The fraction of sp³-hybridized carbons (Fsp3) is 0.905. The fourth-order valence-corrected chi connectivity index (χ4v) is 5.57. The van der Waals surface area contributed by atoms with E-state index in [-0.39, 0.29) is 66.1 Å². The summed E-state index contributed by atoms with van der Waals surface area (Å²) >= 11 is 0. The molecule has 0 saturated heterocycles. The molecule has 0 radical (unpaired) electrons. The van der Waals surface area contributed by atoms with Crippen LogP contribution in [-0.2, 0) is 28.8 Å². The van der Waals surface area contributed by atoms with Crippen LogP contribution in [0.15, 0.2) is 0 Å². The highest BCUT2D eigenvalue weighted by molar-refractivity contribution is 5.68. The summed E-state index contributed by atoms with van der Waals surface area (Å²) in [6, 6.07) is 0. The average molecular weight is 1330 g/mol. The number of aliphatic hydroxyl groups excluding tert-OH is 15. The summed E-state index contributed by atoms with van der Waals surface area (Å²) in [4.78, 5) is 60.2. The SMILES string of the molecule is CCCCCCCC(=O)O.CCCCCCCC(=O)O.CCCCCCCC(=O)O.CCCCCCCC(=O)O.CCCCCCCC(=O)O.CCCCCCCC(=O)O.OCC(O)CO.OCC(O)CO.OCC(O)CO.OCC(O)CO.OCC(O)CO. The molecule has 0 aliphatic carbocycles. The minimum Gasteiger partial charge on any atom is -0.481 e. The fourth-order valence-electron chi connectivity index (χ4n) is 5.57. The second-order valence-electron chi connectivity index (χ2n) is 20.4. The predicted molar refractivity (Wildman–Crippen MR) is 347 cm³/mol. The quantitative estimate of drug-likeness (QED) is 0.0299. The summed E-state index contributed by atoms with van der Waals surface area (Å²) in [7, 11) is 0. The third-order valence-corrected chi connectivity index (χ3v) is 11.1. The smallest absolute Gasteiger partial charge is 0.303 e. The van der Waals surface area contributed by atoms with E-state index in [1.807, 2.05) is 0 Å². The molecule has 0 atom stereocenters. The number of aliphatic carboxylic acids is 6. The Balaban J connectivity index is -0.0000000854. The summed E-state index contributed by atoms with van der Waals surface area (Å²) in [6.07, 6.45) is 30.5. The highest BCUT2D eigenvalue weighted by Crippen LogP contribution is 2.08. The van der Waals surface area contributed by atoms with Gasteiger partial charge in [0.15, 0.2) is 0 Å². The number of carboxylic acid groups (broad SMARTS) is 6. The minimum atomic E-state index is -0.954. The van der Waals surface area contributed by atoms with Gasteiger partial charge in [0.25, 0.3) is 0 Å². The van der Waals surface area contributed by atoms with Gasteiger partial charge in [0.1, 0.15) is 30.5 Å². The molecule has 0 aromatic heterocycles. The lowest BCUT2D eigenvalue weighted by molar-refractivity contribution is -0.138. The monoisotopic (exact) mass is 1320 g/mol. The van der Waals surface area contributed by atoms with Gasteiger partial charge in [-0.25, -0.2) is 0 Å². The molecule has 0 saturated carbocycles. The van der Waals surface area contributed by atoms with Crippen molar-refractivity contribution in [2.75, 3.05) is 66.1 Å². The van der Waals surface area contributed by atoms with Gasteiger partial charge in [-0.1, -0.05) is 196 Å². The van der Waals surface area contributed by atoms with Gasteiger partial charge in [-0.05, 0) is 38.5 Å². The molecule has 550 valence electrons. The van der Waals surface area contributed by atoms with Gasteiger partial charge in [0.2, 0.25) is 0 Å². The summed E-state index contributed by atoms with van der Waals surface area (Å²) in [5.74, 6) is -4.02. The highest BCUT2D eigenvalue weighted by atomic mass is 16.4. The molecule has 21 N–H and O–H groups in total. The van der Waals surface area contributed by atoms with E-state index in [4.69, 9.17) is 107 Å². The summed E-state index contributed by atoms with van der Waals surface area (Å²) < 4.78 is 0. The van der Waals surface area contributed by atoms with Gasteiger partial charge >= 0.3 is 35.8 Å². The largest absolute Gasteiger partial charge is 0.481 e. The standard InChI is InChI=1S/6C8H16O2.5C3H8O3/c6*1-2-3-4-5-6-7-8(9)10;5*4-1-3(6)2-5/h6*2-7H2,1H3,(H,9,10);5*3-6H,1-2H2. The number of carbonyl (C=O) groups is 6. The van der Waals surface area contributed by atoms with Crippen molar-refractivity contribution in [2.45, 2.75) is 303 Å². The topological polar surface area (TPSA) is 527 Å². The van der Waals surface area contributed by atoms with Gasteiger partial charge < -0.3 is 107 Å². The maximum atomic E-state index is 10.0. The zero-order valence-electron chi connectivity index (χ0n) is 56.3. The van der Waals surface area contributed by atoms with Gasteiger partial charge in [0.05, 0.1) is 66.1 Å². The predicted octanol–water partition coefficient (Wildman–Crippen LogP) is 6.25. The Hall–Kier alpha value is -3.78. The molecule has 0 heterocycles. The van der Waals surface area contributed by atoms with Crippen molar-refractivity contribution < 1.29 is 136 Å². The maximum Gasteiger partial charge on any atom is 0.303 e. The van der Waals surface area contributed by atoms with Crippen molar-refractivity contribution in [2.24, 2.45) is 0 Å². The molecule has 0 aromatic carbocycles. The molecule has 0 aromatic rings. The summed E-state index contributed by atoms with van der Waals surface area (Å²) in [6.45, 7) is 9.25. The molecule has 0 aliphatic heterocycles. The van der Waals surface area contributed by atoms with Crippen molar-refractivity contribution >= 4 is 35.8 Å². The van der Waals surface area contributed by atoms with Crippen molar-refractivity contribution in [3.8, 4) is 0 Å². The van der Waals surface area contributed by atoms with Crippen molar-refractivity contribution in [3.63, 3.8) is 0 Å². The first-order valence-electron chi connectivity index (χ1n) is 32.5. The van der Waals surface area contributed by atoms with Gasteiger partial charge in [-0.15, -0.1) is 0 Å². The Morgan fingerprint density at radius 2 is 0.278 bits per heavy atom. The van der Waals surface area contributed by atoms with E-state index < -0.39 is 66.3 Å². The van der Waals surface area contributed by atoms with Gasteiger partial charge in [-0.3, -0.25) is 28.8 Å². The van der Waals surface area contributed by atoms with Crippen LogP contribution in [0.25, 0.3) is 0 Å². The lowest BCUT2D eigenvalue weighted by atomic mass is 10.1. The molecular weight excluding hydrogens is 1190 g/mol. The summed E-state index contributed by atoms with van der Waals surface area (Å²) in [5, 5.41) is 170. The van der Waals surface area contributed by atoms with Crippen LogP contribution < -0.4 is 0 Å². The number of hydrogen-bond acceptors (Lipinski definition) is 21.